The van der Waals surface area contributed by atoms with E-state index in [1.165, 1.54) is 24.2 Å². The second-order valence-corrected chi connectivity index (χ2v) is 5.08. The molecule has 0 aromatic carbocycles. The van der Waals surface area contributed by atoms with Crippen molar-refractivity contribution in [1.82, 2.24) is 10.2 Å². The normalized spacial score (nSPS) is 18.5. The monoisotopic (exact) mass is 215 g/mol. The Balaban J connectivity index is 1.98. The predicted octanol–water partition coefficient (Wildman–Crippen LogP) is 2.80. The van der Waals surface area contributed by atoms with Crippen molar-refractivity contribution in [2.75, 3.05) is 5.32 Å². The lowest BCUT2D eigenvalue weighted by Gasteiger charge is -2.14. The molecule has 0 aliphatic heterocycles. The standard InChI is InChI=1S/C8H13N3S2/c1-2-6(5-3-4-5)9-7-10-11-8(12)13-7/h5-6H,2-4H2,1H3,(H,9,10)(H,11,12). The zero-order valence-electron chi connectivity index (χ0n) is 7.54. The molecule has 2 N–H and O–H groups in total. The summed E-state index contributed by atoms with van der Waals surface area (Å²) in [6, 6.07) is 0.592. The van der Waals surface area contributed by atoms with Crippen molar-refractivity contribution in [2.45, 2.75) is 32.2 Å². The number of aromatic nitrogens is 2. The van der Waals surface area contributed by atoms with E-state index in [0.29, 0.717) is 6.04 Å². The Hall–Kier alpha value is -0.420. The van der Waals surface area contributed by atoms with Gasteiger partial charge in [-0.15, -0.1) is 5.10 Å². The first-order valence-electron chi connectivity index (χ1n) is 4.61. The van der Waals surface area contributed by atoms with E-state index in [0.717, 1.165) is 21.4 Å². The highest BCUT2D eigenvalue weighted by atomic mass is 32.1. The van der Waals surface area contributed by atoms with Crippen LogP contribution < -0.4 is 5.32 Å². The highest BCUT2D eigenvalue weighted by Gasteiger charge is 2.30. The van der Waals surface area contributed by atoms with Crippen LogP contribution in [0.5, 0.6) is 0 Å². The van der Waals surface area contributed by atoms with Gasteiger partial charge in [-0.3, -0.25) is 5.10 Å². The molecule has 1 aromatic rings. The first-order chi connectivity index (χ1) is 6.29. The van der Waals surface area contributed by atoms with Crippen molar-refractivity contribution in [1.29, 1.82) is 0 Å². The molecule has 1 saturated carbocycles. The molecule has 3 nitrogen and oxygen atoms in total. The van der Waals surface area contributed by atoms with Gasteiger partial charge >= 0.3 is 0 Å². The summed E-state index contributed by atoms with van der Waals surface area (Å²) in [4.78, 5) is 0. The molecule has 1 fully saturated rings. The Bertz CT molecular complexity index is 326. The van der Waals surface area contributed by atoms with Gasteiger partial charge in [0.15, 0.2) is 3.95 Å². The van der Waals surface area contributed by atoms with Crippen molar-refractivity contribution in [2.24, 2.45) is 5.92 Å². The average Bonchev–Trinajstić information content (AvgIpc) is 2.87. The number of aromatic amines is 1. The summed E-state index contributed by atoms with van der Waals surface area (Å²) in [5.41, 5.74) is 0. The van der Waals surface area contributed by atoms with Crippen LogP contribution in [0.1, 0.15) is 26.2 Å². The van der Waals surface area contributed by atoms with Gasteiger partial charge < -0.3 is 5.32 Å². The highest BCUT2D eigenvalue weighted by Crippen LogP contribution is 2.35. The minimum absolute atomic E-state index is 0.592. The number of rotatable bonds is 4. The van der Waals surface area contributed by atoms with E-state index in [2.05, 4.69) is 22.4 Å². The molecule has 1 aliphatic rings. The van der Waals surface area contributed by atoms with E-state index < -0.39 is 0 Å². The maximum absolute atomic E-state index is 4.96. The van der Waals surface area contributed by atoms with Crippen LogP contribution in [0.25, 0.3) is 0 Å². The second-order valence-electron chi connectivity index (χ2n) is 3.41. The third-order valence-corrected chi connectivity index (χ3v) is 3.40. The zero-order chi connectivity index (χ0) is 9.26. The topological polar surface area (TPSA) is 40.7 Å². The van der Waals surface area contributed by atoms with E-state index in [-0.39, 0.29) is 0 Å². The lowest BCUT2D eigenvalue weighted by atomic mass is 10.1. The summed E-state index contributed by atoms with van der Waals surface area (Å²) in [6.45, 7) is 2.21. The van der Waals surface area contributed by atoms with Crippen LogP contribution in [0.4, 0.5) is 5.13 Å². The molecule has 2 rings (SSSR count). The van der Waals surface area contributed by atoms with Gasteiger partial charge in [-0.05, 0) is 37.4 Å². The fourth-order valence-electron chi connectivity index (χ4n) is 1.50. The van der Waals surface area contributed by atoms with E-state index in [4.69, 9.17) is 12.2 Å². The van der Waals surface area contributed by atoms with Gasteiger partial charge in [0.1, 0.15) is 0 Å². The maximum Gasteiger partial charge on any atom is 0.204 e. The molecular formula is C8H13N3S2. The number of hydrogen-bond acceptors (Lipinski definition) is 4. The quantitative estimate of drug-likeness (QED) is 0.759. The van der Waals surface area contributed by atoms with Gasteiger partial charge in [0.25, 0.3) is 0 Å². The van der Waals surface area contributed by atoms with Crippen molar-refractivity contribution >= 4 is 28.7 Å². The Morgan fingerprint density at radius 2 is 2.54 bits per heavy atom. The van der Waals surface area contributed by atoms with Crippen LogP contribution in [0.3, 0.4) is 0 Å². The summed E-state index contributed by atoms with van der Waals surface area (Å²) in [7, 11) is 0. The summed E-state index contributed by atoms with van der Waals surface area (Å²) in [5, 5.41) is 11.2. The molecule has 0 saturated heterocycles. The minimum atomic E-state index is 0.592. The lowest BCUT2D eigenvalue weighted by molar-refractivity contribution is 0.615. The van der Waals surface area contributed by atoms with Crippen LogP contribution in [-0.2, 0) is 0 Å². The van der Waals surface area contributed by atoms with Crippen molar-refractivity contribution in [3.8, 4) is 0 Å². The van der Waals surface area contributed by atoms with Crippen LogP contribution in [-0.4, -0.2) is 16.2 Å². The number of H-pyrrole nitrogens is 1. The molecule has 0 radical (unpaired) electrons. The van der Waals surface area contributed by atoms with Crippen molar-refractivity contribution in [3.05, 3.63) is 3.95 Å². The fourth-order valence-corrected chi connectivity index (χ4v) is 2.35. The first kappa shape index (κ1) is 9.15. The highest BCUT2D eigenvalue weighted by molar-refractivity contribution is 7.73. The first-order valence-corrected chi connectivity index (χ1v) is 5.84. The SMILES string of the molecule is CCC(Nc1n[nH]c(=S)s1)C1CC1. The molecule has 1 aromatic heterocycles. The molecule has 0 spiro atoms. The number of anilines is 1. The second kappa shape index (κ2) is 3.75. The Labute approximate surface area is 86.6 Å². The van der Waals surface area contributed by atoms with E-state index in [1.807, 2.05) is 0 Å². The third-order valence-electron chi connectivity index (χ3n) is 2.38. The van der Waals surface area contributed by atoms with Gasteiger partial charge in [-0.2, -0.15) is 0 Å². The molecule has 72 valence electrons. The Morgan fingerprint density at radius 3 is 3.00 bits per heavy atom. The maximum atomic E-state index is 4.96. The third kappa shape index (κ3) is 2.28. The van der Waals surface area contributed by atoms with E-state index >= 15 is 0 Å². The van der Waals surface area contributed by atoms with Gasteiger partial charge in [-0.25, -0.2) is 0 Å². The smallest absolute Gasteiger partial charge is 0.204 e. The summed E-state index contributed by atoms with van der Waals surface area (Å²) in [5.74, 6) is 0.863. The summed E-state index contributed by atoms with van der Waals surface area (Å²) < 4.78 is 0.744. The average molecular weight is 215 g/mol. The van der Waals surface area contributed by atoms with Crippen LogP contribution in [0.15, 0.2) is 0 Å². The van der Waals surface area contributed by atoms with E-state index in [9.17, 15) is 0 Å². The van der Waals surface area contributed by atoms with Crippen LogP contribution in [0, 0.1) is 9.87 Å². The molecule has 1 heterocycles. The fraction of sp³-hybridized carbons (Fsp3) is 0.750. The molecule has 5 heteroatoms. The van der Waals surface area contributed by atoms with Crippen molar-refractivity contribution < 1.29 is 0 Å². The van der Waals surface area contributed by atoms with Gasteiger partial charge in [-0.1, -0.05) is 18.3 Å². The number of nitrogens with zero attached hydrogens (tertiary/aromatic N) is 1. The van der Waals surface area contributed by atoms with Crippen molar-refractivity contribution in [3.63, 3.8) is 0 Å². The minimum Gasteiger partial charge on any atom is -0.357 e. The molecule has 13 heavy (non-hydrogen) atoms. The molecule has 1 atom stereocenters. The number of hydrogen-bond donors (Lipinski definition) is 2. The van der Waals surface area contributed by atoms with Crippen LogP contribution >= 0.6 is 23.6 Å². The molecule has 0 bridgehead atoms. The molecule has 1 unspecified atom stereocenters. The lowest BCUT2D eigenvalue weighted by Crippen LogP contribution is -2.20. The summed E-state index contributed by atoms with van der Waals surface area (Å²) in [6.07, 6.45) is 3.89. The zero-order valence-corrected chi connectivity index (χ0v) is 9.17. The molecular weight excluding hydrogens is 202 g/mol. The van der Waals surface area contributed by atoms with Crippen LogP contribution in [0.2, 0.25) is 0 Å². The Kier molecular flexibility index (Phi) is 2.64. The largest absolute Gasteiger partial charge is 0.357 e. The molecule has 1 aliphatic carbocycles. The molecule has 0 amide bonds. The van der Waals surface area contributed by atoms with Gasteiger partial charge in [0.05, 0.1) is 0 Å². The number of nitrogens with one attached hydrogen (secondary N) is 2. The summed E-state index contributed by atoms with van der Waals surface area (Å²) >= 11 is 6.48. The predicted molar refractivity (Wildman–Crippen MR) is 57.7 cm³/mol. The van der Waals surface area contributed by atoms with E-state index in [1.54, 1.807) is 0 Å². The Morgan fingerprint density at radius 1 is 1.77 bits per heavy atom. The van der Waals surface area contributed by atoms with Gasteiger partial charge in [0, 0.05) is 6.04 Å². The van der Waals surface area contributed by atoms with Gasteiger partial charge in [0.2, 0.25) is 5.13 Å².